The molecule has 0 saturated heterocycles. The summed E-state index contributed by atoms with van der Waals surface area (Å²) in [6.45, 7) is 4.34. The van der Waals surface area contributed by atoms with Crippen molar-refractivity contribution in [1.82, 2.24) is 0 Å². The van der Waals surface area contributed by atoms with Crippen LogP contribution in [0.1, 0.15) is 37.8 Å². The van der Waals surface area contributed by atoms with Crippen molar-refractivity contribution in [2.45, 2.75) is 37.7 Å². The van der Waals surface area contributed by atoms with Crippen LogP contribution in [-0.4, -0.2) is 11.7 Å². The van der Waals surface area contributed by atoms with E-state index in [2.05, 4.69) is 12.1 Å². The summed E-state index contributed by atoms with van der Waals surface area (Å²) >= 11 is 0. The minimum Gasteiger partial charge on any atom is -0.386 e. The molecule has 0 aromatic heterocycles. The van der Waals surface area contributed by atoms with Gasteiger partial charge in [0.05, 0.1) is 5.60 Å². The highest BCUT2D eigenvalue weighted by Gasteiger charge is 2.42. The van der Waals surface area contributed by atoms with Crippen molar-refractivity contribution in [3.05, 3.63) is 35.4 Å². The monoisotopic (exact) mass is 205 g/mol. The summed E-state index contributed by atoms with van der Waals surface area (Å²) in [5.74, 6) is 0. The Balaban J connectivity index is 2.25. The third-order valence-corrected chi connectivity index (χ3v) is 3.45. The first kappa shape index (κ1) is 10.7. The second-order valence-corrected chi connectivity index (χ2v) is 5.12. The van der Waals surface area contributed by atoms with Crippen LogP contribution in [0, 0.1) is 0 Å². The van der Waals surface area contributed by atoms with Crippen LogP contribution in [0.4, 0.5) is 0 Å². The third kappa shape index (κ3) is 1.92. The lowest BCUT2D eigenvalue weighted by atomic mass is 9.91. The number of nitrogens with two attached hydrogens (primary N) is 1. The van der Waals surface area contributed by atoms with E-state index in [-0.39, 0.29) is 5.41 Å². The first-order chi connectivity index (χ1) is 6.98. The van der Waals surface area contributed by atoms with E-state index < -0.39 is 5.60 Å². The summed E-state index contributed by atoms with van der Waals surface area (Å²) in [4.78, 5) is 0. The van der Waals surface area contributed by atoms with Crippen molar-refractivity contribution in [1.29, 1.82) is 0 Å². The van der Waals surface area contributed by atoms with Gasteiger partial charge < -0.3 is 10.8 Å². The molecule has 0 radical (unpaired) electrons. The average molecular weight is 205 g/mol. The predicted octanol–water partition coefficient (Wildman–Crippen LogP) is 1.90. The highest BCUT2D eigenvalue weighted by Crippen LogP contribution is 2.47. The van der Waals surface area contributed by atoms with Gasteiger partial charge in [-0.1, -0.05) is 24.3 Å². The van der Waals surface area contributed by atoms with Crippen LogP contribution >= 0.6 is 0 Å². The molecule has 1 saturated carbocycles. The molecule has 1 aromatic carbocycles. The smallest absolute Gasteiger partial charge is 0.0840 e. The van der Waals surface area contributed by atoms with Crippen LogP contribution in [0.3, 0.4) is 0 Å². The minimum absolute atomic E-state index is 0.248. The highest BCUT2D eigenvalue weighted by atomic mass is 16.3. The maximum absolute atomic E-state index is 9.83. The number of hydrogen-bond acceptors (Lipinski definition) is 2. The molecule has 0 spiro atoms. The molecule has 1 aromatic rings. The van der Waals surface area contributed by atoms with Gasteiger partial charge in [0.2, 0.25) is 0 Å². The van der Waals surface area contributed by atoms with E-state index in [4.69, 9.17) is 5.73 Å². The lowest BCUT2D eigenvalue weighted by Crippen LogP contribution is -2.20. The molecule has 0 heterocycles. The molecule has 1 fully saturated rings. The Kier molecular flexibility index (Phi) is 2.36. The van der Waals surface area contributed by atoms with Gasteiger partial charge in [0.15, 0.2) is 0 Å². The second-order valence-electron chi connectivity index (χ2n) is 5.12. The van der Waals surface area contributed by atoms with Gasteiger partial charge in [-0.05, 0) is 37.8 Å². The standard InChI is InChI=1S/C13H19NO/c1-12(2,15)10-3-5-11(6-4-10)13(9-14)7-8-13/h3-6,15H,7-9,14H2,1-2H3. The first-order valence-electron chi connectivity index (χ1n) is 5.51. The third-order valence-electron chi connectivity index (χ3n) is 3.45. The van der Waals surface area contributed by atoms with Crippen molar-refractivity contribution < 1.29 is 5.11 Å². The fourth-order valence-corrected chi connectivity index (χ4v) is 1.99. The van der Waals surface area contributed by atoms with Gasteiger partial charge in [-0.25, -0.2) is 0 Å². The molecular formula is C13H19NO. The van der Waals surface area contributed by atoms with Crippen molar-refractivity contribution >= 4 is 0 Å². The number of aliphatic hydroxyl groups is 1. The zero-order valence-corrected chi connectivity index (χ0v) is 9.46. The van der Waals surface area contributed by atoms with E-state index in [1.807, 2.05) is 12.1 Å². The summed E-state index contributed by atoms with van der Waals surface area (Å²) in [5, 5.41) is 9.83. The Morgan fingerprint density at radius 1 is 1.27 bits per heavy atom. The molecule has 1 aliphatic rings. The molecule has 3 N–H and O–H groups in total. The Bertz CT molecular complexity index is 344. The molecular weight excluding hydrogens is 186 g/mol. The molecule has 2 nitrogen and oxygen atoms in total. The Morgan fingerprint density at radius 3 is 2.13 bits per heavy atom. The van der Waals surface area contributed by atoms with Gasteiger partial charge in [-0.15, -0.1) is 0 Å². The Morgan fingerprint density at radius 2 is 1.80 bits per heavy atom. The summed E-state index contributed by atoms with van der Waals surface area (Å²) in [7, 11) is 0. The van der Waals surface area contributed by atoms with Gasteiger partial charge in [-0.2, -0.15) is 0 Å². The van der Waals surface area contributed by atoms with Gasteiger partial charge in [-0.3, -0.25) is 0 Å². The van der Waals surface area contributed by atoms with Crippen LogP contribution in [0.2, 0.25) is 0 Å². The molecule has 2 heteroatoms. The van der Waals surface area contributed by atoms with Gasteiger partial charge in [0.25, 0.3) is 0 Å². The molecule has 0 amide bonds. The normalized spacial score (nSPS) is 18.9. The topological polar surface area (TPSA) is 46.2 Å². The maximum Gasteiger partial charge on any atom is 0.0840 e. The van der Waals surface area contributed by atoms with Crippen LogP contribution in [0.15, 0.2) is 24.3 Å². The largest absolute Gasteiger partial charge is 0.386 e. The van der Waals surface area contributed by atoms with E-state index in [1.165, 1.54) is 18.4 Å². The number of hydrogen-bond donors (Lipinski definition) is 2. The first-order valence-corrected chi connectivity index (χ1v) is 5.51. The molecule has 0 aliphatic heterocycles. The molecule has 0 atom stereocenters. The lowest BCUT2D eigenvalue weighted by Gasteiger charge is -2.19. The van der Waals surface area contributed by atoms with Crippen LogP contribution in [-0.2, 0) is 11.0 Å². The minimum atomic E-state index is -0.752. The van der Waals surface area contributed by atoms with E-state index in [0.29, 0.717) is 0 Å². The molecule has 2 rings (SSSR count). The summed E-state index contributed by atoms with van der Waals surface area (Å²) in [6, 6.07) is 8.22. The van der Waals surface area contributed by atoms with Crippen molar-refractivity contribution in [3.8, 4) is 0 Å². The van der Waals surface area contributed by atoms with E-state index in [1.54, 1.807) is 13.8 Å². The molecule has 15 heavy (non-hydrogen) atoms. The quantitative estimate of drug-likeness (QED) is 0.791. The number of rotatable bonds is 3. The van der Waals surface area contributed by atoms with E-state index in [9.17, 15) is 5.11 Å². The fourth-order valence-electron chi connectivity index (χ4n) is 1.99. The summed E-state index contributed by atoms with van der Waals surface area (Å²) in [6.07, 6.45) is 2.40. The molecule has 1 aliphatic carbocycles. The Hall–Kier alpha value is -0.860. The fraction of sp³-hybridized carbons (Fsp3) is 0.538. The van der Waals surface area contributed by atoms with Crippen molar-refractivity contribution in [2.24, 2.45) is 5.73 Å². The van der Waals surface area contributed by atoms with Gasteiger partial charge in [0.1, 0.15) is 0 Å². The summed E-state index contributed by atoms with van der Waals surface area (Å²) in [5.41, 5.74) is 7.55. The predicted molar refractivity (Wildman–Crippen MR) is 61.7 cm³/mol. The lowest BCUT2D eigenvalue weighted by molar-refractivity contribution is 0.0786. The summed E-state index contributed by atoms with van der Waals surface area (Å²) < 4.78 is 0. The van der Waals surface area contributed by atoms with Crippen LogP contribution in [0.25, 0.3) is 0 Å². The maximum atomic E-state index is 9.83. The van der Waals surface area contributed by atoms with Crippen molar-refractivity contribution in [2.75, 3.05) is 6.54 Å². The van der Waals surface area contributed by atoms with Gasteiger partial charge in [0, 0.05) is 12.0 Å². The second kappa shape index (κ2) is 3.32. The van der Waals surface area contributed by atoms with Gasteiger partial charge >= 0.3 is 0 Å². The molecule has 0 bridgehead atoms. The molecule has 82 valence electrons. The highest BCUT2D eigenvalue weighted by molar-refractivity contribution is 5.35. The van der Waals surface area contributed by atoms with Crippen LogP contribution in [0.5, 0.6) is 0 Å². The number of benzene rings is 1. The van der Waals surface area contributed by atoms with Crippen LogP contribution < -0.4 is 5.73 Å². The van der Waals surface area contributed by atoms with Crippen molar-refractivity contribution in [3.63, 3.8) is 0 Å². The van der Waals surface area contributed by atoms with E-state index >= 15 is 0 Å². The zero-order valence-electron chi connectivity index (χ0n) is 9.46. The van der Waals surface area contributed by atoms with E-state index in [0.717, 1.165) is 12.1 Å². The Labute approximate surface area is 91.1 Å². The molecule has 0 unspecified atom stereocenters. The average Bonchev–Trinajstić information content (AvgIpc) is 2.97. The zero-order chi connectivity index (χ0) is 11.1. The SMILES string of the molecule is CC(C)(O)c1ccc(C2(CN)CC2)cc1.